The fourth-order valence-electron chi connectivity index (χ4n) is 2.91. The van der Waals surface area contributed by atoms with Crippen molar-refractivity contribution in [2.45, 2.75) is 38.8 Å². The van der Waals surface area contributed by atoms with Crippen molar-refractivity contribution in [3.63, 3.8) is 0 Å². The molecule has 1 fully saturated rings. The first-order valence-corrected chi connectivity index (χ1v) is 7.34. The molecule has 0 aliphatic carbocycles. The monoisotopic (exact) mass is 258 g/mol. The van der Waals surface area contributed by atoms with E-state index in [1.165, 1.54) is 17.6 Å². The van der Waals surface area contributed by atoms with Crippen LogP contribution < -0.4 is 5.32 Å². The van der Waals surface area contributed by atoms with Crippen LogP contribution in [0.15, 0.2) is 42.5 Å². The smallest absolute Gasteiger partial charge is 0.0236 e. The molecule has 2 rings (SSSR count). The molecule has 2 heteroatoms. The van der Waals surface area contributed by atoms with Crippen LogP contribution in [0, 0.1) is 0 Å². The second kappa shape index (κ2) is 6.88. The van der Waals surface area contributed by atoms with E-state index in [-0.39, 0.29) is 0 Å². The predicted molar refractivity (Wildman–Crippen MR) is 82.4 cm³/mol. The minimum Gasteiger partial charge on any atom is -0.311 e. The second-order valence-corrected chi connectivity index (χ2v) is 5.74. The molecular weight excluding hydrogens is 232 g/mol. The van der Waals surface area contributed by atoms with Gasteiger partial charge >= 0.3 is 0 Å². The molecule has 1 aromatic carbocycles. The standard InChI is InChI=1S/C17H26N2/c1-4-17-11-18-16(13-19(17)12-14(2)3)10-15-8-6-5-7-9-15/h5-9,16-18H,2,4,10-13H2,1,3H3. The molecule has 0 radical (unpaired) electrons. The van der Waals surface area contributed by atoms with E-state index >= 15 is 0 Å². The quantitative estimate of drug-likeness (QED) is 0.817. The van der Waals surface area contributed by atoms with Crippen molar-refractivity contribution in [2.75, 3.05) is 19.6 Å². The molecule has 1 saturated heterocycles. The average Bonchev–Trinajstić information content (AvgIpc) is 2.39. The van der Waals surface area contributed by atoms with E-state index in [0.29, 0.717) is 12.1 Å². The Hall–Kier alpha value is -1.12. The predicted octanol–water partition coefficient (Wildman–Crippen LogP) is 2.86. The summed E-state index contributed by atoms with van der Waals surface area (Å²) in [6.45, 7) is 11.7. The van der Waals surface area contributed by atoms with Gasteiger partial charge in [-0.3, -0.25) is 4.90 Å². The Morgan fingerprint density at radius 1 is 1.37 bits per heavy atom. The molecule has 104 valence electrons. The van der Waals surface area contributed by atoms with Crippen LogP contribution in [-0.2, 0) is 6.42 Å². The van der Waals surface area contributed by atoms with E-state index in [4.69, 9.17) is 0 Å². The summed E-state index contributed by atoms with van der Waals surface area (Å²) in [7, 11) is 0. The van der Waals surface area contributed by atoms with Gasteiger partial charge in [0.1, 0.15) is 0 Å². The minimum absolute atomic E-state index is 0.560. The summed E-state index contributed by atoms with van der Waals surface area (Å²) in [4.78, 5) is 2.59. The molecule has 2 unspecified atom stereocenters. The SMILES string of the molecule is C=C(C)CN1CC(Cc2ccccc2)NCC1CC. The summed E-state index contributed by atoms with van der Waals surface area (Å²) in [6, 6.07) is 12.0. The molecule has 0 saturated carbocycles. The van der Waals surface area contributed by atoms with Crippen LogP contribution in [0.4, 0.5) is 0 Å². The van der Waals surface area contributed by atoms with Gasteiger partial charge in [-0.05, 0) is 25.3 Å². The van der Waals surface area contributed by atoms with Gasteiger partial charge in [-0.2, -0.15) is 0 Å². The molecule has 1 aromatic rings. The van der Waals surface area contributed by atoms with E-state index < -0.39 is 0 Å². The summed E-state index contributed by atoms with van der Waals surface area (Å²) < 4.78 is 0. The molecule has 1 aliphatic rings. The zero-order valence-corrected chi connectivity index (χ0v) is 12.2. The fraction of sp³-hybridized carbons (Fsp3) is 0.529. The van der Waals surface area contributed by atoms with Crippen molar-refractivity contribution in [1.82, 2.24) is 10.2 Å². The number of benzene rings is 1. The number of piperazine rings is 1. The molecule has 1 aliphatic heterocycles. The first-order valence-electron chi connectivity index (χ1n) is 7.34. The van der Waals surface area contributed by atoms with Crippen LogP contribution in [0.2, 0.25) is 0 Å². The molecule has 2 atom stereocenters. The number of hydrogen-bond donors (Lipinski definition) is 1. The van der Waals surface area contributed by atoms with Gasteiger partial charge in [0.2, 0.25) is 0 Å². The summed E-state index contributed by atoms with van der Waals surface area (Å²) in [5, 5.41) is 3.70. The Balaban J connectivity index is 1.95. The number of nitrogens with zero attached hydrogens (tertiary/aromatic N) is 1. The highest BCUT2D eigenvalue weighted by Gasteiger charge is 2.26. The molecule has 0 amide bonds. The third kappa shape index (κ3) is 4.19. The highest BCUT2D eigenvalue weighted by Crippen LogP contribution is 2.14. The van der Waals surface area contributed by atoms with Crippen molar-refractivity contribution in [3.8, 4) is 0 Å². The summed E-state index contributed by atoms with van der Waals surface area (Å²) in [6.07, 6.45) is 2.32. The molecule has 19 heavy (non-hydrogen) atoms. The fourth-order valence-corrected chi connectivity index (χ4v) is 2.91. The van der Waals surface area contributed by atoms with Gasteiger partial charge in [0.15, 0.2) is 0 Å². The molecular formula is C17H26N2. The summed E-state index contributed by atoms with van der Waals surface area (Å²) in [5.41, 5.74) is 2.68. The van der Waals surface area contributed by atoms with Crippen LogP contribution in [-0.4, -0.2) is 36.6 Å². The Labute approximate surface area is 117 Å². The number of nitrogens with one attached hydrogen (secondary N) is 1. The Kier molecular flexibility index (Phi) is 5.17. The summed E-state index contributed by atoms with van der Waals surface area (Å²) in [5.74, 6) is 0. The van der Waals surface area contributed by atoms with Crippen LogP contribution in [0.1, 0.15) is 25.8 Å². The number of rotatable bonds is 5. The van der Waals surface area contributed by atoms with Gasteiger partial charge in [-0.15, -0.1) is 0 Å². The maximum absolute atomic E-state index is 4.06. The molecule has 1 N–H and O–H groups in total. The zero-order chi connectivity index (χ0) is 13.7. The first kappa shape index (κ1) is 14.3. The maximum atomic E-state index is 4.06. The highest BCUT2D eigenvalue weighted by atomic mass is 15.2. The van der Waals surface area contributed by atoms with Crippen LogP contribution >= 0.6 is 0 Å². The Bertz CT molecular complexity index is 399. The van der Waals surface area contributed by atoms with E-state index in [1.807, 2.05) is 0 Å². The highest BCUT2D eigenvalue weighted by molar-refractivity contribution is 5.16. The minimum atomic E-state index is 0.560. The van der Waals surface area contributed by atoms with Crippen molar-refractivity contribution < 1.29 is 0 Å². The average molecular weight is 258 g/mol. The van der Waals surface area contributed by atoms with Crippen LogP contribution in [0.25, 0.3) is 0 Å². The van der Waals surface area contributed by atoms with E-state index in [1.54, 1.807) is 0 Å². The zero-order valence-electron chi connectivity index (χ0n) is 12.2. The lowest BCUT2D eigenvalue weighted by Gasteiger charge is -2.40. The van der Waals surface area contributed by atoms with E-state index in [0.717, 1.165) is 26.1 Å². The largest absolute Gasteiger partial charge is 0.311 e. The molecule has 0 aromatic heterocycles. The summed E-state index contributed by atoms with van der Waals surface area (Å²) >= 11 is 0. The number of hydrogen-bond acceptors (Lipinski definition) is 2. The molecule has 0 spiro atoms. The van der Waals surface area contributed by atoms with Crippen molar-refractivity contribution in [3.05, 3.63) is 48.0 Å². The van der Waals surface area contributed by atoms with Gasteiger partial charge in [0.25, 0.3) is 0 Å². The lowest BCUT2D eigenvalue weighted by molar-refractivity contribution is 0.138. The van der Waals surface area contributed by atoms with Gasteiger partial charge in [0, 0.05) is 31.7 Å². The topological polar surface area (TPSA) is 15.3 Å². The molecule has 1 heterocycles. The maximum Gasteiger partial charge on any atom is 0.0236 e. The second-order valence-electron chi connectivity index (χ2n) is 5.74. The van der Waals surface area contributed by atoms with Crippen LogP contribution in [0.3, 0.4) is 0 Å². The van der Waals surface area contributed by atoms with Gasteiger partial charge < -0.3 is 5.32 Å². The third-order valence-corrected chi connectivity index (χ3v) is 3.88. The van der Waals surface area contributed by atoms with Gasteiger partial charge in [0.05, 0.1) is 0 Å². The Morgan fingerprint density at radius 3 is 2.74 bits per heavy atom. The van der Waals surface area contributed by atoms with Crippen molar-refractivity contribution >= 4 is 0 Å². The molecule has 0 bridgehead atoms. The first-order chi connectivity index (χ1) is 9.19. The van der Waals surface area contributed by atoms with Gasteiger partial charge in [-0.1, -0.05) is 49.4 Å². The van der Waals surface area contributed by atoms with Gasteiger partial charge in [-0.25, -0.2) is 0 Å². The lowest BCUT2D eigenvalue weighted by atomic mass is 10.00. The Morgan fingerprint density at radius 2 is 2.11 bits per heavy atom. The van der Waals surface area contributed by atoms with E-state index in [9.17, 15) is 0 Å². The van der Waals surface area contributed by atoms with Crippen LogP contribution in [0.5, 0.6) is 0 Å². The normalized spacial score (nSPS) is 24.3. The third-order valence-electron chi connectivity index (χ3n) is 3.88. The van der Waals surface area contributed by atoms with Crippen molar-refractivity contribution in [1.29, 1.82) is 0 Å². The van der Waals surface area contributed by atoms with E-state index in [2.05, 4.69) is 61.0 Å². The van der Waals surface area contributed by atoms with Crippen molar-refractivity contribution in [2.24, 2.45) is 0 Å². The lowest BCUT2D eigenvalue weighted by Crippen LogP contribution is -2.57. The molecule has 2 nitrogen and oxygen atoms in total.